The van der Waals surface area contributed by atoms with Crippen LogP contribution in [0.1, 0.15) is 30.9 Å². The molecule has 0 aromatic heterocycles. The van der Waals surface area contributed by atoms with Crippen LogP contribution in [0.2, 0.25) is 0 Å². The highest BCUT2D eigenvalue weighted by Crippen LogP contribution is 2.35. The van der Waals surface area contributed by atoms with Crippen molar-refractivity contribution in [2.45, 2.75) is 32.5 Å². The Balaban J connectivity index is 1.47. The summed E-state index contributed by atoms with van der Waals surface area (Å²) in [7, 11) is 0. The minimum atomic E-state index is -0.0657. The lowest BCUT2D eigenvalue weighted by Gasteiger charge is -2.18. The van der Waals surface area contributed by atoms with Crippen LogP contribution in [-0.4, -0.2) is 41.0 Å². The molecule has 2 aliphatic heterocycles. The molecule has 0 spiro atoms. The Kier molecular flexibility index (Phi) is 7.88. The fraction of sp³-hybridized carbons (Fsp3) is 0.333. The van der Waals surface area contributed by atoms with Gasteiger partial charge in [-0.05, 0) is 61.2 Å². The predicted molar refractivity (Wildman–Crippen MR) is 135 cm³/mol. The quantitative estimate of drug-likeness (QED) is 0.315. The molecule has 5 nitrogen and oxygen atoms in total. The van der Waals surface area contributed by atoms with E-state index < -0.39 is 0 Å². The van der Waals surface area contributed by atoms with Gasteiger partial charge in [0, 0.05) is 11.1 Å². The minimum absolute atomic E-state index is 0.0657. The zero-order valence-corrected chi connectivity index (χ0v) is 20.9. The first kappa shape index (κ1) is 23.3. The minimum Gasteiger partial charge on any atom is -0.490 e. The van der Waals surface area contributed by atoms with E-state index >= 15 is 0 Å². The molecule has 1 atom stereocenters. The number of hydrogen-bond acceptors (Lipinski definition) is 6. The monoisotopic (exact) mass is 533 g/mol. The Labute approximate surface area is 206 Å². The zero-order chi connectivity index (χ0) is 22.5. The number of amides is 1. The van der Waals surface area contributed by atoms with Crippen molar-refractivity contribution in [2.75, 3.05) is 19.8 Å². The SMILES string of the molecule is CCOc1cc(/C=C2\SC(=S)N(C[C@@H]3CCCO3)C2=O)ccc1OCc1ccc(Br)cc1. The van der Waals surface area contributed by atoms with Crippen LogP contribution in [0.15, 0.2) is 51.8 Å². The molecule has 4 rings (SSSR count). The molecular formula is C24H24BrNO4S2. The molecule has 0 aliphatic carbocycles. The van der Waals surface area contributed by atoms with Crippen LogP contribution in [0.4, 0.5) is 0 Å². The molecular weight excluding hydrogens is 510 g/mol. The fourth-order valence-corrected chi connectivity index (χ4v) is 5.08. The van der Waals surface area contributed by atoms with Crippen molar-refractivity contribution in [3.05, 3.63) is 63.0 Å². The number of carbonyl (C=O) groups is 1. The smallest absolute Gasteiger partial charge is 0.266 e. The van der Waals surface area contributed by atoms with Crippen molar-refractivity contribution < 1.29 is 19.0 Å². The topological polar surface area (TPSA) is 48.0 Å². The number of thiocarbonyl (C=S) groups is 1. The molecule has 2 aliphatic rings. The van der Waals surface area contributed by atoms with Crippen LogP contribution in [-0.2, 0) is 16.1 Å². The van der Waals surface area contributed by atoms with Gasteiger partial charge in [0.25, 0.3) is 5.91 Å². The molecule has 2 heterocycles. The van der Waals surface area contributed by atoms with E-state index in [-0.39, 0.29) is 12.0 Å². The van der Waals surface area contributed by atoms with Gasteiger partial charge in [-0.1, -0.05) is 58.1 Å². The van der Waals surface area contributed by atoms with Crippen molar-refractivity contribution in [2.24, 2.45) is 0 Å². The third-order valence-corrected chi connectivity index (χ3v) is 7.06. The Hall–Kier alpha value is -1.87. The summed E-state index contributed by atoms with van der Waals surface area (Å²) in [6.07, 6.45) is 3.93. The van der Waals surface area contributed by atoms with Crippen LogP contribution in [0.5, 0.6) is 11.5 Å². The van der Waals surface area contributed by atoms with Crippen LogP contribution in [0, 0.1) is 0 Å². The van der Waals surface area contributed by atoms with Crippen molar-refractivity contribution in [1.82, 2.24) is 4.90 Å². The second-order valence-electron chi connectivity index (χ2n) is 7.48. The molecule has 2 saturated heterocycles. The third kappa shape index (κ3) is 5.73. The Morgan fingerprint density at radius 1 is 1.22 bits per heavy atom. The molecule has 0 saturated carbocycles. The normalized spacial score (nSPS) is 19.8. The molecule has 2 aromatic rings. The van der Waals surface area contributed by atoms with Crippen molar-refractivity contribution in [1.29, 1.82) is 0 Å². The van der Waals surface area contributed by atoms with E-state index in [0.29, 0.717) is 40.5 Å². The lowest BCUT2D eigenvalue weighted by molar-refractivity contribution is -0.123. The first-order valence-corrected chi connectivity index (χ1v) is 12.6. The average Bonchev–Trinajstić information content (AvgIpc) is 3.39. The number of rotatable bonds is 8. The van der Waals surface area contributed by atoms with Gasteiger partial charge >= 0.3 is 0 Å². The molecule has 2 aromatic carbocycles. The molecule has 2 fully saturated rings. The molecule has 0 N–H and O–H groups in total. The summed E-state index contributed by atoms with van der Waals surface area (Å²) < 4.78 is 19.1. The molecule has 8 heteroatoms. The highest BCUT2D eigenvalue weighted by atomic mass is 79.9. The predicted octanol–water partition coefficient (Wildman–Crippen LogP) is 5.81. The van der Waals surface area contributed by atoms with Gasteiger partial charge < -0.3 is 14.2 Å². The Morgan fingerprint density at radius 3 is 2.75 bits per heavy atom. The summed E-state index contributed by atoms with van der Waals surface area (Å²) in [6, 6.07) is 13.7. The lowest BCUT2D eigenvalue weighted by Crippen LogP contribution is -2.35. The van der Waals surface area contributed by atoms with Gasteiger partial charge in [0.15, 0.2) is 11.5 Å². The standard InChI is InChI=1S/C24H24BrNO4S2/c1-2-28-21-12-17(7-10-20(21)30-15-16-5-8-18(25)9-6-16)13-22-23(27)26(24(31)32-22)14-19-4-3-11-29-19/h5-10,12-13,19H,2-4,11,14-15H2,1H3/b22-13-/t19-/m0/s1. The second-order valence-corrected chi connectivity index (χ2v) is 10.1. The van der Waals surface area contributed by atoms with Gasteiger partial charge in [-0.15, -0.1) is 0 Å². The number of ether oxygens (including phenoxy) is 3. The molecule has 0 bridgehead atoms. The summed E-state index contributed by atoms with van der Waals surface area (Å²) >= 11 is 10.2. The average molecular weight is 534 g/mol. The number of nitrogens with zero attached hydrogens (tertiary/aromatic N) is 1. The van der Waals surface area contributed by atoms with Gasteiger partial charge in [-0.2, -0.15) is 0 Å². The van der Waals surface area contributed by atoms with Gasteiger partial charge in [0.2, 0.25) is 0 Å². The molecule has 1 amide bonds. The van der Waals surface area contributed by atoms with E-state index in [9.17, 15) is 4.79 Å². The van der Waals surface area contributed by atoms with Gasteiger partial charge in [0.05, 0.1) is 24.2 Å². The van der Waals surface area contributed by atoms with Crippen LogP contribution >= 0.6 is 39.9 Å². The number of halogens is 1. The summed E-state index contributed by atoms with van der Waals surface area (Å²) in [6.45, 7) is 4.17. The second kappa shape index (κ2) is 10.8. The fourth-order valence-electron chi connectivity index (χ4n) is 3.54. The molecule has 0 radical (unpaired) electrons. The van der Waals surface area contributed by atoms with Crippen LogP contribution < -0.4 is 9.47 Å². The van der Waals surface area contributed by atoms with Gasteiger partial charge in [-0.3, -0.25) is 9.69 Å². The third-order valence-electron chi connectivity index (χ3n) is 5.16. The number of carbonyl (C=O) groups excluding carboxylic acids is 1. The maximum Gasteiger partial charge on any atom is 0.266 e. The summed E-state index contributed by atoms with van der Waals surface area (Å²) in [4.78, 5) is 15.2. The van der Waals surface area contributed by atoms with Crippen LogP contribution in [0.3, 0.4) is 0 Å². The first-order valence-electron chi connectivity index (χ1n) is 10.5. The summed E-state index contributed by atoms with van der Waals surface area (Å²) in [5.41, 5.74) is 1.93. The van der Waals surface area contributed by atoms with Crippen molar-refractivity contribution in [3.8, 4) is 11.5 Å². The number of thioether (sulfide) groups is 1. The zero-order valence-electron chi connectivity index (χ0n) is 17.7. The summed E-state index contributed by atoms with van der Waals surface area (Å²) in [5, 5.41) is 0. The largest absolute Gasteiger partial charge is 0.490 e. The van der Waals surface area contributed by atoms with Gasteiger partial charge in [-0.25, -0.2) is 0 Å². The highest BCUT2D eigenvalue weighted by molar-refractivity contribution is 9.10. The van der Waals surface area contributed by atoms with E-state index in [1.165, 1.54) is 11.8 Å². The molecule has 0 unspecified atom stereocenters. The molecule has 32 heavy (non-hydrogen) atoms. The van der Waals surface area contributed by atoms with E-state index in [4.69, 9.17) is 26.4 Å². The maximum atomic E-state index is 12.9. The highest BCUT2D eigenvalue weighted by Gasteiger charge is 2.34. The summed E-state index contributed by atoms with van der Waals surface area (Å²) in [5.74, 6) is 1.25. The van der Waals surface area contributed by atoms with E-state index in [2.05, 4.69) is 15.9 Å². The van der Waals surface area contributed by atoms with E-state index in [0.717, 1.165) is 35.0 Å². The first-order chi connectivity index (χ1) is 15.5. The Morgan fingerprint density at radius 2 is 2.03 bits per heavy atom. The van der Waals surface area contributed by atoms with E-state index in [1.807, 2.05) is 55.5 Å². The van der Waals surface area contributed by atoms with Crippen molar-refractivity contribution in [3.63, 3.8) is 0 Å². The van der Waals surface area contributed by atoms with Crippen molar-refractivity contribution >= 4 is 56.2 Å². The van der Waals surface area contributed by atoms with Gasteiger partial charge in [0.1, 0.15) is 10.9 Å². The lowest BCUT2D eigenvalue weighted by atomic mass is 10.1. The Bertz CT molecular complexity index is 1020. The maximum absolute atomic E-state index is 12.9. The van der Waals surface area contributed by atoms with Crippen LogP contribution in [0.25, 0.3) is 6.08 Å². The number of hydrogen-bond donors (Lipinski definition) is 0. The van der Waals surface area contributed by atoms with E-state index in [1.54, 1.807) is 4.90 Å². The number of benzene rings is 2. The molecule has 168 valence electrons.